The minimum atomic E-state index is -0.0722. The summed E-state index contributed by atoms with van der Waals surface area (Å²) in [6.45, 7) is 6.75. The van der Waals surface area contributed by atoms with E-state index in [0.717, 1.165) is 49.6 Å². The second kappa shape index (κ2) is 7.41. The third-order valence-electron chi connectivity index (χ3n) is 3.73. The molecule has 1 aromatic rings. The Morgan fingerprint density at radius 1 is 1.48 bits per heavy atom. The number of piperidine rings is 1. The van der Waals surface area contributed by atoms with Crippen molar-refractivity contribution in [3.8, 4) is 5.75 Å². The number of hydrogen-bond acceptors (Lipinski definition) is 5. The monoisotopic (exact) mass is 292 g/mol. The van der Waals surface area contributed by atoms with Gasteiger partial charge < -0.3 is 9.47 Å². The van der Waals surface area contributed by atoms with Crippen molar-refractivity contribution in [1.82, 2.24) is 9.88 Å². The molecule has 1 fully saturated rings. The van der Waals surface area contributed by atoms with Crippen LogP contribution in [0.15, 0.2) is 12.1 Å². The summed E-state index contributed by atoms with van der Waals surface area (Å²) in [5.41, 5.74) is 1.93. The normalized spacial score (nSPS) is 19.3. The van der Waals surface area contributed by atoms with E-state index < -0.39 is 0 Å². The molecule has 21 heavy (non-hydrogen) atoms. The Hall–Kier alpha value is -1.62. The fourth-order valence-corrected chi connectivity index (χ4v) is 2.78. The van der Waals surface area contributed by atoms with Crippen molar-refractivity contribution in [2.45, 2.75) is 33.2 Å². The van der Waals surface area contributed by atoms with E-state index in [1.165, 1.54) is 0 Å². The van der Waals surface area contributed by atoms with Crippen molar-refractivity contribution in [2.24, 2.45) is 5.92 Å². The van der Waals surface area contributed by atoms with E-state index in [2.05, 4.69) is 9.88 Å². The van der Waals surface area contributed by atoms with E-state index in [0.29, 0.717) is 6.61 Å². The Morgan fingerprint density at radius 2 is 2.29 bits per heavy atom. The Balaban J connectivity index is 1.99. The summed E-state index contributed by atoms with van der Waals surface area (Å²) in [6.07, 6.45) is 1.94. The first kappa shape index (κ1) is 15.8. The molecule has 5 nitrogen and oxygen atoms in total. The summed E-state index contributed by atoms with van der Waals surface area (Å²) in [4.78, 5) is 18.7. The average molecular weight is 292 g/mol. The van der Waals surface area contributed by atoms with Crippen LogP contribution in [0, 0.1) is 12.8 Å². The van der Waals surface area contributed by atoms with Gasteiger partial charge in [-0.3, -0.25) is 14.7 Å². The minimum absolute atomic E-state index is 0.00888. The molecule has 0 radical (unpaired) electrons. The Morgan fingerprint density at radius 3 is 3.00 bits per heavy atom. The molecule has 1 atom stereocenters. The van der Waals surface area contributed by atoms with Crippen LogP contribution < -0.4 is 4.74 Å². The zero-order valence-corrected chi connectivity index (χ0v) is 13.1. The van der Waals surface area contributed by atoms with Crippen LogP contribution in [0.4, 0.5) is 0 Å². The standard InChI is InChI=1S/C16H24N2O3/c1-4-21-16(19)13-6-5-7-18(10-13)11-14-9-15(20-3)8-12(2)17-14/h8-9,13H,4-7,10-11H2,1-3H3. The Kier molecular flexibility index (Phi) is 5.56. The molecular weight excluding hydrogens is 268 g/mol. The number of nitrogens with zero attached hydrogens (tertiary/aromatic N) is 2. The summed E-state index contributed by atoms with van der Waals surface area (Å²) in [5.74, 6) is 0.749. The van der Waals surface area contributed by atoms with Crippen LogP contribution in [-0.2, 0) is 16.1 Å². The number of rotatable bonds is 5. The van der Waals surface area contributed by atoms with Gasteiger partial charge in [-0.1, -0.05) is 0 Å². The maximum atomic E-state index is 11.9. The lowest BCUT2D eigenvalue weighted by Gasteiger charge is -2.31. The molecule has 0 saturated carbocycles. The first-order chi connectivity index (χ1) is 10.1. The summed E-state index contributed by atoms with van der Waals surface area (Å²) < 4.78 is 10.4. The quantitative estimate of drug-likeness (QED) is 0.779. The number of hydrogen-bond donors (Lipinski definition) is 0. The molecule has 0 aliphatic carbocycles. The fraction of sp³-hybridized carbons (Fsp3) is 0.625. The molecule has 2 rings (SSSR count). The molecule has 1 aliphatic rings. The first-order valence-corrected chi connectivity index (χ1v) is 7.53. The van der Waals surface area contributed by atoms with Crippen LogP contribution in [0.25, 0.3) is 0 Å². The molecule has 0 spiro atoms. The molecule has 1 aromatic heterocycles. The molecule has 0 amide bonds. The number of carbonyl (C=O) groups is 1. The van der Waals surface area contributed by atoms with Crippen LogP contribution in [0.2, 0.25) is 0 Å². The smallest absolute Gasteiger partial charge is 0.310 e. The van der Waals surface area contributed by atoms with Gasteiger partial charge >= 0.3 is 5.97 Å². The van der Waals surface area contributed by atoms with Gasteiger partial charge in [-0.05, 0) is 33.2 Å². The molecule has 0 aromatic carbocycles. The van der Waals surface area contributed by atoms with E-state index in [1.807, 2.05) is 26.0 Å². The van der Waals surface area contributed by atoms with E-state index in [1.54, 1.807) is 7.11 Å². The summed E-state index contributed by atoms with van der Waals surface area (Å²) in [5, 5.41) is 0. The summed E-state index contributed by atoms with van der Waals surface area (Å²) >= 11 is 0. The fourth-order valence-electron chi connectivity index (χ4n) is 2.78. The van der Waals surface area contributed by atoms with E-state index in [4.69, 9.17) is 9.47 Å². The lowest BCUT2D eigenvalue weighted by molar-refractivity contribution is -0.150. The highest BCUT2D eigenvalue weighted by Gasteiger charge is 2.27. The number of methoxy groups -OCH3 is 1. The van der Waals surface area contributed by atoms with Crippen molar-refractivity contribution in [2.75, 3.05) is 26.8 Å². The van der Waals surface area contributed by atoms with E-state index in [9.17, 15) is 4.79 Å². The van der Waals surface area contributed by atoms with Gasteiger partial charge in [0, 0.05) is 30.9 Å². The number of ether oxygens (including phenoxy) is 2. The van der Waals surface area contributed by atoms with Crippen LogP contribution in [0.5, 0.6) is 5.75 Å². The van der Waals surface area contributed by atoms with Gasteiger partial charge in [-0.25, -0.2) is 0 Å². The van der Waals surface area contributed by atoms with Gasteiger partial charge in [0.05, 0.1) is 25.3 Å². The minimum Gasteiger partial charge on any atom is -0.497 e. The van der Waals surface area contributed by atoms with Gasteiger partial charge in [0.1, 0.15) is 5.75 Å². The number of aryl methyl sites for hydroxylation is 1. The van der Waals surface area contributed by atoms with Gasteiger partial charge in [-0.2, -0.15) is 0 Å². The van der Waals surface area contributed by atoms with Crippen LogP contribution in [0.3, 0.4) is 0 Å². The molecule has 1 unspecified atom stereocenters. The second-order valence-electron chi connectivity index (χ2n) is 5.47. The largest absolute Gasteiger partial charge is 0.497 e. The highest BCUT2D eigenvalue weighted by atomic mass is 16.5. The van der Waals surface area contributed by atoms with E-state index >= 15 is 0 Å². The molecule has 116 valence electrons. The summed E-state index contributed by atoms with van der Waals surface area (Å²) in [7, 11) is 1.66. The van der Waals surface area contributed by atoms with Crippen LogP contribution in [0.1, 0.15) is 31.2 Å². The SMILES string of the molecule is CCOC(=O)C1CCCN(Cc2cc(OC)cc(C)n2)C1. The average Bonchev–Trinajstić information content (AvgIpc) is 2.47. The lowest BCUT2D eigenvalue weighted by Crippen LogP contribution is -2.39. The third kappa shape index (κ3) is 4.43. The van der Waals surface area contributed by atoms with Crippen LogP contribution in [-0.4, -0.2) is 42.7 Å². The molecule has 1 aliphatic heterocycles. The Labute approximate surface area is 126 Å². The molecule has 2 heterocycles. The second-order valence-corrected chi connectivity index (χ2v) is 5.47. The molecule has 5 heteroatoms. The topological polar surface area (TPSA) is 51.7 Å². The number of esters is 1. The molecule has 0 N–H and O–H groups in total. The number of likely N-dealkylation sites (tertiary alicyclic amines) is 1. The van der Waals surface area contributed by atoms with Crippen molar-refractivity contribution < 1.29 is 14.3 Å². The van der Waals surface area contributed by atoms with Gasteiger partial charge in [0.2, 0.25) is 0 Å². The first-order valence-electron chi connectivity index (χ1n) is 7.53. The zero-order valence-electron chi connectivity index (χ0n) is 13.1. The zero-order chi connectivity index (χ0) is 15.2. The maximum absolute atomic E-state index is 11.9. The number of aromatic nitrogens is 1. The van der Waals surface area contributed by atoms with Crippen molar-refractivity contribution in [3.05, 3.63) is 23.5 Å². The van der Waals surface area contributed by atoms with Gasteiger partial charge in [0.25, 0.3) is 0 Å². The van der Waals surface area contributed by atoms with Crippen molar-refractivity contribution in [3.63, 3.8) is 0 Å². The number of carbonyl (C=O) groups excluding carboxylic acids is 1. The molecular formula is C16H24N2O3. The van der Waals surface area contributed by atoms with Crippen molar-refractivity contribution in [1.29, 1.82) is 0 Å². The summed E-state index contributed by atoms with van der Waals surface area (Å²) in [6, 6.07) is 3.88. The van der Waals surface area contributed by atoms with E-state index in [-0.39, 0.29) is 11.9 Å². The predicted molar refractivity (Wildman–Crippen MR) is 80.2 cm³/mol. The molecule has 1 saturated heterocycles. The van der Waals surface area contributed by atoms with Gasteiger partial charge in [-0.15, -0.1) is 0 Å². The third-order valence-corrected chi connectivity index (χ3v) is 3.73. The maximum Gasteiger partial charge on any atom is 0.310 e. The highest BCUT2D eigenvalue weighted by molar-refractivity contribution is 5.72. The van der Waals surface area contributed by atoms with Gasteiger partial charge in [0.15, 0.2) is 0 Å². The molecule has 0 bridgehead atoms. The lowest BCUT2D eigenvalue weighted by atomic mass is 9.98. The highest BCUT2D eigenvalue weighted by Crippen LogP contribution is 2.21. The van der Waals surface area contributed by atoms with Crippen molar-refractivity contribution >= 4 is 5.97 Å². The predicted octanol–water partition coefficient (Wildman–Crippen LogP) is 2.17. The number of pyridine rings is 1. The Bertz CT molecular complexity index is 490. The van der Waals surface area contributed by atoms with Crippen LogP contribution >= 0.6 is 0 Å².